The molecule has 0 radical (unpaired) electrons. The van der Waals surface area contributed by atoms with E-state index in [4.69, 9.17) is 21.4 Å². The second kappa shape index (κ2) is 5.61. The van der Waals surface area contributed by atoms with E-state index < -0.39 is 16.8 Å². The Morgan fingerprint density at radius 2 is 1.95 bits per heavy atom. The number of carboxylic acids is 2. The van der Waals surface area contributed by atoms with Crippen LogP contribution in [-0.4, -0.2) is 34.1 Å². The predicted molar refractivity (Wildman–Crippen MR) is 77.5 cm³/mol. The van der Waals surface area contributed by atoms with E-state index in [0.29, 0.717) is 16.9 Å². The number of ether oxygens (including phenoxy) is 1. The molecule has 0 aliphatic heterocycles. The maximum absolute atomic E-state index is 11.3. The molecule has 0 saturated carbocycles. The molecule has 0 aromatic heterocycles. The van der Waals surface area contributed by atoms with Crippen molar-refractivity contribution in [3.63, 3.8) is 0 Å². The molecule has 110 valence electrons. The highest BCUT2D eigenvalue weighted by Crippen LogP contribution is 2.38. The maximum atomic E-state index is 11.3. The van der Waals surface area contributed by atoms with Crippen LogP contribution < -0.4 is 4.74 Å². The number of carboxylic acid groups (broad SMARTS) is 2. The van der Waals surface area contributed by atoms with Gasteiger partial charge in [0, 0.05) is 17.6 Å². The summed E-state index contributed by atoms with van der Waals surface area (Å²) >= 11 is 6.07. The zero-order chi connectivity index (χ0) is 15.6. The molecule has 1 aromatic rings. The number of para-hydroxylation sites is 1. The smallest absolute Gasteiger partial charge is 0.331 e. The van der Waals surface area contributed by atoms with Gasteiger partial charge in [0.1, 0.15) is 5.75 Å². The van der Waals surface area contributed by atoms with Gasteiger partial charge in [0.05, 0.1) is 7.11 Å². The first-order valence-corrected chi connectivity index (χ1v) is 6.47. The summed E-state index contributed by atoms with van der Waals surface area (Å²) in [5.74, 6) is -1.97. The molecule has 2 rings (SSSR count). The van der Waals surface area contributed by atoms with E-state index in [1.54, 1.807) is 24.3 Å². The van der Waals surface area contributed by atoms with Gasteiger partial charge >= 0.3 is 11.9 Å². The first kappa shape index (κ1) is 15.1. The van der Waals surface area contributed by atoms with E-state index in [-0.39, 0.29) is 12.0 Å². The molecule has 0 bridgehead atoms. The zero-order valence-electron chi connectivity index (χ0n) is 11.2. The van der Waals surface area contributed by atoms with Crippen LogP contribution in [0.1, 0.15) is 12.0 Å². The molecular weight excluding hydrogens is 296 g/mol. The lowest BCUT2D eigenvalue weighted by atomic mass is 9.86. The lowest BCUT2D eigenvalue weighted by Gasteiger charge is -2.25. The molecule has 0 amide bonds. The summed E-state index contributed by atoms with van der Waals surface area (Å²) in [5.41, 5.74) is 0.939. The molecule has 0 fully saturated rings. The summed E-state index contributed by atoms with van der Waals surface area (Å²) in [6.45, 7) is 0. The minimum atomic E-state index is -1.78. The van der Waals surface area contributed by atoms with Crippen LogP contribution in [0.25, 0.3) is 5.57 Å². The number of hydrogen-bond acceptors (Lipinski definition) is 3. The fourth-order valence-corrected chi connectivity index (χ4v) is 2.43. The second-order valence-corrected chi connectivity index (χ2v) is 5.29. The average molecular weight is 309 g/mol. The lowest BCUT2D eigenvalue weighted by molar-refractivity contribution is -0.138. The van der Waals surface area contributed by atoms with Crippen molar-refractivity contribution in [3.05, 3.63) is 47.6 Å². The van der Waals surface area contributed by atoms with Gasteiger partial charge in [0.25, 0.3) is 0 Å². The standard InChI is InChI=1S/C15H13ClO5/c1-21-12-5-3-2-4-11(12)9-6-10(13(17)18)8-15(16,7-9)14(19)20/h2-7H,8H2,1H3,(H,17,18)(H,19,20). The highest BCUT2D eigenvalue weighted by molar-refractivity contribution is 6.36. The maximum Gasteiger partial charge on any atom is 0.331 e. The average Bonchev–Trinajstić information content (AvgIpc) is 2.46. The third kappa shape index (κ3) is 2.92. The van der Waals surface area contributed by atoms with Crippen LogP contribution >= 0.6 is 11.6 Å². The van der Waals surface area contributed by atoms with Crippen molar-refractivity contribution in [1.29, 1.82) is 0 Å². The van der Waals surface area contributed by atoms with Crippen molar-refractivity contribution < 1.29 is 24.5 Å². The number of rotatable bonds is 4. The Labute approximate surface area is 126 Å². The summed E-state index contributed by atoms with van der Waals surface area (Å²) in [6.07, 6.45) is 2.49. The van der Waals surface area contributed by atoms with Crippen LogP contribution in [-0.2, 0) is 9.59 Å². The van der Waals surface area contributed by atoms with Crippen molar-refractivity contribution in [2.75, 3.05) is 7.11 Å². The predicted octanol–water partition coefficient (Wildman–Crippen LogP) is 2.56. The molecule has 6 heteroatoms. The number of allylic oxidation sites excluding steroid dienone is 2. The van der Waals surface area contributed by atoms with E-state index in [9.17, 15) is 14.7 Å². The first-order valence-electron chi connectivity index (χ1n) is 6.10. The van der Waals surface area contributed by atoms with Gasteiger partial charge in [-0.3, -0.25) is 0 Å². The van der Waals surface area contributed by atoms with Gasteiger partial charge in [0.15, 0.2) is 4.87 Å². The topological polar surface area (TPSA) is 83.8 Å². The van der Waals surface area contributed by atoms with Gasteiger partial charge < -0.3 is 14.9 Å². The molecule has 1 aliphatic rings. The number of benzene rings is 1. The van der Waals surface area contributed by atoms with Crippen molar-refractivity contribution in [2.24, 2.45) is 0 Å². The normalized spacial score (nSPS) is 21.2. The van der Waals surface area contributed by atoms with E-state index in [0.717, 1.165) is 0 Å². The number of hydrogen-bond donors (Lipinski definition) is 2. The van der Waals surface area contributed by atoms with E-state index in [2.05, 4.69) is 0 Å². The molecule has 1 unspecified atom stereocenters. The van der Waals surface area contributed by atoms with Gasteiger partial charge in [-0.15, -0.1) is 11.6 Å². The van der Waals surface area contributed by atoms with E-state index in [1.807, 2.05) is 0 Å². The molecule has 1 aromatic carbocycles. The Hall–Kier alpha value is -2.27. The third-order valence-corrected chi connectivity index (χ3v) is 3.61. The van der Waals surface area contributed by atoms with Crippen molar-refractivity contribution in [2.45, 2.75) is 11.3 Å². The fraction of sp³-hybridized carbons (Fsp3) is 0.200. The first-order chi connectivity index (χ1) is 9.87. The summed E-state index contributed by atoms with van der Waals surface area (Å²) in [7, 11) is 1.48. The SMILES string of the molecule is COc1ccccc1C1=CC(Cl)(C(=O)O)CC(C(=O)O)=C1. The largest absolute Gasteiger partial charge is 0.496 e. The van der Waals surface area contributed by atoms with Gasteiger partial charge in [-0.05, 0) is 23.8 Å². The molecule has 1 aliphatic carbocycles. The van der Waals surface area contributed by atoms with Crippen LogP contribution in [0, 0.1) is 0 Å². The molecule has 0 spiro atoms. The monoisotopic (exact) mass is 308 g/mol. The quantitative estimate of drug-likeness (QED) is 0.835. The van der Waals surface area contributed by atoms with Gasteiger partial charge in [-0.2, -0.15) is 0 Å². The van der Waals surface area contributed by atoms with Gasteiger partial charge in [-0.25, -0.2) is 9.59 Å². The summed E-state index contributed by atoms with van der Waals surface area (Å²) < 4.78 is 5.21. The summed E-state index contributed by atoms with van der Waals surface area (Å²) in [6, 6.07) is 6.93. The van der Waals surface area contributed by atoms with Crippen LogP contribution in [0.2, 0.25) is 0 Å². The molecule has 1 atom stereocenters. The Morgan fingerprint density at radius 3 is 2.52 bits per heavy atom. The summed E-state index contributed by atoms with van der Waals surface area (Å²) in [5, 5.41) is 18.4. The lowest BCUT2D eigenvalue weighted by Crippen LogP contribution is -2.33. The molecule has 21 heavy (non-hydrogen) atoms. The van der Waals surface area contributed by atoms with Crippen molar-refractivity contribution in [1.82, 2.24) is 0 Å². The van der Waals surface area contributed by atoms with E-state index >= 15 is 0 Å². The Balaban J connectivity index is 2.60. The number of aliphatic carboxylic acids is 2. The van der Waals surface area contributed by atoms with Gasteiger partial charge in [0.2, 0.25) is 0 Å². The molecule has 2 N–H and O–H groups in total. The van der Waals surface area contributed by atoms with Gasteiger partial charge in [-0.1, -0.05) is 18.2 Å². The Morgan fingerprint density at radius 1 is 1.29 bits per heavy atom. The van der Waals surface area contributed by atoms with Crippen molar-refractivity contribution in [3.8, 4) is 5.75 Å². The highest BCUT2D eigenvalue weighted by atomic mass is 35.5. The number of halogens is 1. The zero-order valence-corrected chi connectivity index (χ0v) is 11.9. The van der Waals surface area contributed by atoms with E-state index in [1.165, 1.54) is 19.3 Å². The minimum Gasteiger partial charge on any atom is -0.496 e. The highest BCUT2D eigenvalue weighted by Gasteiger charge is 2.39. The van der Waals surface area contributed by atoms with Crippen LogP contribution in [0.5, 0.6) is 5.75 Å². The number of carbonyl (C=O) groups is 2. The van der Waals surface area contributed by atoms with Crippen LogP contribution in [0.3, 0.4) is 0 Å². The Kier molecular flexibility index (Phi) is 4.04. The van der Waals surface area contributed by atoms with Crippen LogP contribution in [0.4, 0.5) is 0 Å². The second-order valence-electron chi connectivity index (χ2n) is 4.62. The minimum absolute atomic E-state index is 0.0594. The molecular formula is C15H13ClO5. The van der Waals surface area contributed by atoms with Crippen LogP contribution in [0.15, 0.2) is 42.0 Å². The third-order valence-electron chi connectivity index (χ3n) is 3.21. The van der Waals surface area contributed by atoms with Crippen molar-refractivity contribution >= 4 is 29.1 Å². The molecule has 0 saturated heterocycles. The Bertz CT molecular complexity index is 662. The summed E-state index contributed by atoms with van der Waals surface area (Å²) in [4.78, 5) is 20.8. The number of alkyl halides is 1. The molecule has 5 nitrogen and oxygen atoms in total. The molecule has 0 heterocycles. The fourth-order valence-electron chi connectivity index (χ4n) is 2.17. The number of methoxy groups -OCH3 is 1.